The Balaban J connectivity index is 2.44. The van der Waals surface area contributed by atoms with Crippen molar-refractivity contribution in [2.75, 3.05) is 0 Å². The van der Waals surface area contributed by atoms with Gasteiger partial charge in [0.25, 0.3) is 0 Å². The van der Waals surface area contributed by atoms with Gasteiger partial charge in [-0.2, -0.15) is 0 Å². The number of carbonyl (C=O) groups excluding carboxylic acids is 3. The predicted molar refractivity (Wildman–Crippen MR) is 71.5 cm³/mol. The summed E-state index contributed by atoms with van der Waals surface area (Å²) in [6, 6.07) is 11.2. The predicted octanol–water partition coefficient (Wildman–Crippen LogP) is 3.09. The summed E-state index contributed by atoms with van der Waals surface area (Å²) in [6.07, 6.45) is 0. The van der Waals surface area contributed by atoms with Crippen LogP contribution in [0.5, 0.6) is 0 Å². The van der Waals surface area contributed by atoms with Crippen molar-refractivity contribution in [1.82, 2.24) is 0 Å². The van der Waals surface area contributed by atoms with Crippen LogP contribution in [-0.4, -0.2) is 17.3 Å². The molecule has 0 fully saturated rings. The van der Waals surface area contributed by atoms with E-state index < -0.39 is 23.2 Å². The zero-order valence-electron chi connectivity index (χ0n) is 10.7. The van der Waals surface area contributed by atoms with Gasteiger partial charge < -0.3 is 0 Å². The highest BCUT2D eigenvalue weighted by Crippen LogP contribution is 2.15. The van der Waals surface area contributed by atoms with Crippen LogP contribution in [0.3, 0.4) is 0 Å². The second-order valence-corrected chi connectivity index (χ2v) is 4.27. The van der Waals surface area contributed by atoms with Gasteiger partial charge in [-0.15, -0.1) is 0 Å². The third-order valence-electron chi connectivity index (χ3n) is 2.85. The van der Waals surface area contributed by atoms with Crippen molar-refractivity contribution in [2.24, 2.45) is 0 Å². The van der Waals surface area contributed by atoms with Crippen molar-refractivity contribution >= 4 is 17.3 Å². The van der Waals surface area contributed by atoms with Crippen LogP contribution in [0.1, 0.15) is 38.0 Å². The lowest BCUT2D eigenvalue weighted by Crippen LogP contribution is -2.17. The molecule has 2 aromatic rings. The van der Waals surface area contributed by atoms with Gasteiger partial charge in [-0.25, -0.2) is 4.39 Å². The molecule has 0 aliphatic heterocycles. The summed E-state index contributed by atoms with van der Waals surface area (Å²) in [7, 11) is 0. The van der Waals surface area contributed by atoms with E-state index in [4.69, 9.17) is 0 Å². The highest BCUT2D eigenvalue weighted by Gasteiger charge is 2.22. The number of hydrogen-bond acceptors (Lipinski definition) is 3. The third kappa shape index (κ3) is 2.69. The number of ketones is 3. The van der Waals surface area contributed by atoms with E-state index in [-0.39, 0.29) is 16.7 Å². The maximum atomic E-state index is 13.1. The fourth-order valence-corrected chi connectivity index (χ4v) is 1.85. The van der Waals surface area contributed by atoms with Crippen LogP contribution < -0.4 is 0 Å². The van der Waals surface area contributed by atoms with Gasteiger partial charge >= 0.3 is 0 Å². The number of halogens is 1. The number of carbonyl (C=O) groups is 3. The van der Waals surface area contributed by atoms with E-state index in [1.54, 1.807) is 18.2 Å². The summed E-state index contributed by atoms with van der Waals surface area (Å²) in [4.78, 5) is 35.7. The molecule has 100 valence electrons. The number of hydrogen-bond donors (Lipinski definition) is 0. The zero-order valence-corrected chi connectivity index (χ0v) is 10.7. The van der Waals surface area contributed by atoms with Crippen molar-refractivity contribution in [2.45, 2.75) is 6.92 Å². The Bertz CT molecular complexity index is 690. The lowest BCUT2D eigenvalue weighted by molar-refractivity contribution is 0.0815. The van der Waals surface area contributed by atoms with E-state index in [0.717, 1.165) is 18.2 Å². The first-order valence-corrected chi connectivity index (χ1v) is 5.95. The van der Waals surface area contributed by atoms with Gasteiger partial charge in [-0.1, -0.05) is 30.3 Å². The summed E-state index contributed by atoms with van der Waals surface area (Å²) in [5, 5.41) is 0. The molecule has 0 amide bonds. The molecule has 0 spiro atoms. The first-order valence-electron chi connectivity index (χ1n) is 5.95. The summed E-state index contributed by atoms with van der Waals surface area (Å²) >= 11 is 0. The summed E-state index contributed by atoms with van der Waals surface area (Å²) in [5.41, 5.74) is 0.0726. The minimum absolute atomic E-state index is 0.0762. The van der Waals surface area contributed by atoms with Crippen LogP contribution in [0.2, 0.25) is 0 Å². The summed E-state index contributed by atoms with van der Waals surface area (Å²) < 4.78 is 13.1. The normalized spacial score (nSPS) is 10.1. The second kappa shape index (κ2) is 5.57. The van der Waals surface area contributed by atoms with Gasteiger partial charge in [0.05, 0.1) is 0 Å². The fraction of sp³-hybridized carbons (Fsp3) is 0.0625. The minimum atomic E-state index is -0.818. The highest BCUT2D eigenvalue weighted by molar-refractivity contribution is 6.50. The Morgan fingerprint density at radius 2 is 1.50 bits per heavy atom. The van der Waals surface area contributed by atoms with E-state index in [9.17, 15) is 18.8 Å². The quantitative estimate of drug-likeness (QED) is 0.633. The molecule has 0 aliphatic carbocycles. The molecule has 0 unspecified atom stereocenters. The van der Waals surface area contributed by atoms with Crippen LogP contribution in [0.4, 0.5) is 4.39 Å². The molecule has 2 rings (SSSR count). The topological polar surface area (TPSA) is 51.2 Å². The molecule has 0 aromatic heterocycles. The largest absolute Gasteiger partial charge is 0.294 e. The lowest BCUT2D eigenvalue weighted by Gasteiger charge is -2.05. The molecule has 3 nitrogen and oxygen atoms in total. The van der Waals surface area contributed by atoms with Crippen molar-refractivity contribution in [3.63, 3.8) is 0 Å². The molecule has 20 heavy (non-hydrogen) atoms. The van der Waals surface area contributed by atoms with E-state index in [1.165, 1.54) is 19.1 Å². The van der Waals surface area contributed by atoms with Crippen LogP contribution in [-0.2, 0) is 0 Å². The maximum absolute atomic E-state index is 13.1. The van der Waals surface area contributed by atoms with E-state index in [0.29, 0.717) is 0 Å². The molecule has 0 saturated carbocycles. The van der Waals surface area contributed by atoms with Gasteiger partial charge in [-0.05, 0) is 25.1 Å². The van der Waals surface area contributed by atoms with Crippen LogP contribution >= 0.6 is 0 Å². The lowest BCUT2D eigenvalue weighted by atomic mass is 9.95. The Morgan fingerprint density at radius 3 is 2.10 bits per heavy atom. The fourth-order valence-electron chi connectivity index (χ4n) is 1.85. The number of Topliss-reactive ketones (excluding diaryl/α,β-unsaturated/α-hetero) is 3. The van der Waals surface area contributed by atoms with E-state index in [1.807, 2.05) is 0 Å². The molecule has 4 heteroatoms. The first kappa shape index (κ1) is 13.8. The Hall–Kier alpha value is -2.62. The minimum Gasteiger partial charge on any atom is -0.294 e. The highest BCUT2D eigenvalue weighted by atomic mass is 19.1. The third-order valence-corrected chi connectivity index (χ3v) is 2.85. The van der Waals surface area contributed by atoms with Crippen molar-refractivity contribution in [3.05, 3.63) is 71.0 Å². The van der Waals surface area contributed by atoms with E-state index >= 15 is 0 Å². The Labute approximate surface area is 115 Å². The Morgan fingerprint density at radius 1 is 0.850 bits per heavy atom. The van der Waals surface area contributed by atoms with Crippen molar-refractivity contribution < 1.29 is 18.8 Å². The molecular formula is C16H11FO3. The molecule has 0 bridgehead atoms. The van der Waals surface area contributed by atoms with Gasteiger partial charge in [-0.3, -0.25) is 14.4 Å². The van der Waals surface area contributed by atoms with E-state index in [2.05, 4.69) is 0 Å². The number of benzene rings is 2. The van der Waals surface area contributed by atoms with Crippen LogP contribution in [0, 0.1) is 5.82 Å². The maximum Gasteiger partial charge on any atom is 0.234 e. The smallest absolute Gasteiger partial charge is 0.234 e. The van der Waals surface area contributed by atoms with Crippen LogP contribution in [0.25, 0.3) is 0 Å². The van der Waals surface area contributed by atoms with Gasteiger partial charge in [0.1, 0.15) is 5.82 Å². The number of rotatable bonds is 4. The van der Waals surface area contributed by atoms with Gasteiger partial charge in [0, 0.05) is 16.7 Å². The van der Waals surface area contributed by atoms with Crippen molar-refractivity contribution in [1.29, 1.82) is 0 Å². The molecule has 0 heterocycles. The summed E-state index contributed by atoms with van der Waals surface area (Å²) in [5.74, 6) is -2.63. The first-order chi connectivity index (χ1) is 9.50. The molecule has 0 atom stereocenters. The second-order valence-electron chi connectivity index (χ2n) is 4.27. The van der Waals surface area contributed by atoms with Crippen molar-refractivity contribution in [3.8, 4) is 0 Å². The molecule has 0 radical (unpaired) electrons. The molecule has 2 aromatic carbocycles. The monoisotopic (exact) mass is 270 g/mol. The average molecular weight is 270 g/mol. The summed E-state index contributed by atoms with van der Waals surface area (Å²) in [6.45, 7) is 1.22. The van der Waals surface area contributed by atoms with Crippen LogP contribution in [0.15, 0.2) is 48.5 Å². The Kier molecular flexibility index (Phi) is 3.84. The molecular weight excluding hydrogens is 259 g/mol. The van der Waals surface area contributed by atoms with Gasteiger partial charge in [0.2, 0.25) is 11.6 Å². The standard InChI is InChI=1S/C16H11FO3/c1-10(18)14-9-12(17)7-8-13(14)16(20)15(19)11-5-3-2-4-6-11/h2-9H,1H3. The SMILES string of the molecule is CC(=O)c1cc(F)ccc1C(=O)C(=O)c1ccccc1. The molecule has 0 aliphatic rings. The zero-order chi connectivity index (χ0) is 14.7. The molecule has 0 saturated heterocycles. The molecule has 0 N–H and O–H groups in total. The average Bonchev–Trinajstić information content (AvgIpc) is 2.46. The van der Waals surface area contributed by atoms with Gasteiger partial charge in [0.15, 0.2) is 5.78 Å².